The maximum absolute atomic E-state index is 5.73. The molecular weight excluding hydrogens is 272 g/mol. The highest BCUT2D eigenvalue weighted by Crippen LogP contribution is 2.24. The fraction of sp³-hybridized carbons (Fsp3) is 0.571. The number of rotatable bonds is 5. The molecule has 3 heterocycles. The molecule has 108 valence electrons. The molecule has 0 radical (unpaired) electrons. The van der Waals surface area contributed by atoms with Crippen LogP contribution in [-0.2, 0) is 6.54 Å². The van der Waals surface area contributed by atoms with E-state index in [2.05, 4.69) is 15.1 Å². The number of likely N-dealkylation sites (tertiary alicyclic amines) is 1. The average molecular weight is 292 g/mol. The van der Waals surface area contributed by atoms with Crippen molar-refractivity contribution >= 4 is 11.3 Å². The first-order valence-electron chi connectivity index (χ1n) is 7.14. The lowest BCUT2D eigenvalue weighted by atomic mass is 9.94. The summed E-state index contributed by atoms with van der Waals surface area (Å²) in [5.74, 6) is 2.14. The summed E-state index contributed by atoms with van der Waals surface area (Å²) in [4.78, 5) is 3.42. The molecule has 0 atom stereocenters. The molecule has 1 aliphatic rings. The Morgan fingerprint density at radius 1 is 1.35 bits per heavy atom. The zero-order chi connectivity index (χ0) is 13.8. The van der Waals surface area contributed by atoms with Crippen molar-refractivity contribution in [1.29, 1.82) is 0 Å². The van der Waals surface area contributed by atoms with Gasteiger partial charge < -0.3 is 10.2 Å². The van der Waals surface area contributed by atoms with Crippen LogP contribution in [0.3, 0.4) is 0 Å². The number of nitrogens with two attached hydrogens (primary N) is 1. The van der Waals surface area contributed by atoms with Gasteiger partial charge in [-0.15, -0.1) is 21.5 Å². The first-order valence-corrected chi connectivity index (χ1v) is 8.02. The van der Waals surface area contributed by atoms with E-state index in [1.54, 1.807) is 11.3 Å². The van der Waals surface area contributed by atoms with Gasteiger partial charge in [0.2, 0.25) is 5.89 Å². The standard InChI is InChI=1S/C14H20N4OS/c15-6-3-11-4-7-18(8-5-11)10-13-16-17-14(19-13)12-2-1-9-20-12/h1-2,9,11H,3-8,10,15H2. The molecule has 0 bridgehead atoms. The lowest BCUT2D eigenvalue weighted by Crippen LogP contribution is -2.33. The minimum Gasteiger partial charge on any atom is -0.419 e. The molecule has 5 nitrogen and oxygen atoms in total. The molecule has 20 heavy (non-hydrogen) atoms. The monoisotopic (exact) mass is 292 g/mol. The number of piperidine rings is 1. The van der Waals surface area contributed by atoms with Gasteiger partial charge in [-0.1, -0.05) is 6.07 Å². The molecule has 0 aromatic carbocycles. The predicted octanol–water partition coefficient (Wildman–Crippen LogP) is 2.36. The quantitative estimate of drug-likeness (QED) is 0.916. The molecule has 2 N–H and O–H groups in total. The minimum absolute atomic E-state index is 0.632. The summed E-state index contributed by atoms with van der Waals surface area (Å²) in [5, 5.41) is 10.3. The van der Waals surface area contributed by atoms with Gasteiger partial charge in [-0.3, -0.25) is 4.90 Å². The van der Waals surface area contributed by atoms with Crippen molar-refractivity contribution in [2.45, 2.75) is 25.8 Å². The van der Waals surface area contributed by atoms with Gasteiger partial charge in [-0.05, 0) is 56.3 Å². The molecule has 2 aromatic heterocycles. The van der Waals surface area contributed by atoms with Crippen molar-refractivity contribution in [2.24, 2.45) is 11.7 Å². The summed E-state index contributed by atoms with van der Waals surface area (Å²) in [6.45, 7) is 3.76. The molecule has 0 aliphatic carbocycles. The van der Waals surface area contributed by atoms with Crippen molar-refractivity contribution in [2.75, 3.05) is 19.6 Å². The van der Waals surface area contributed by atoms with E-state index in [9.17, 15) is 0 Å². The van der Waals surface area contributed by atoms with E-state index in [1.165, 1.54) is 12.8 Å². The van der Waals surface area contributed by atoms with Crippen LogP contribution in [0.25, 0.3) is 10.8 Å². The van der Waals surface area contributed by atoms with Crippen LogP contribution in [0, 0.1) is 5.92 Å². The maximum Gasteiger partial charge on any atom is 0.257 e. The lowest BCUT2D eigenvalue weighted by molar-refractivity contribution is 0.161. The topological polar surface area (TPSA) is 68.2 Å². The predicted molar refractivity (Wildman–Crippen MR) is 79.3 cm³/mol. The minimum atomic E-state index is 0.632. The Morgan fingerprint density at radius 3 is 2.90 bits per heavy atom. The smallest absolute Gasteiger partial charge is 0.257 e. The summed E-state index contributed by atoms with van der Waals surface area (Å²) < 4.78 is 5.73. The maximum atomic E-state index is 5.73. The number of thiophene rings is 1. The molecule has 0 unspecified atom stereocenters. The second kappa shape index (κ2) is 6.47. The first-order chi connectivity index (χ1) is 9.85. The molecule has 0 amide bonds. The summed E-state index contributed by atoms with van der Waals surface area (Å²) in [6, 6.07) is 3.99. The second-order valence-electron chi connectivity index (χ2n) is 5.28. The Kier molecular flexibility index (Phi) is 4.44. The highest BCUT2D eigenvalue weighted by Gasteiger charge is 2.20. The van der Waals surface area contributed by atoms with E-state index < -0.39 is 0 Å². The van der Waals surface area contributed by atoms with E-state index in [-0.39, 0.29) is 0 Å². The summed E-state index contributed by atoms with van der Waals surface area (Å²) in [5.41, 5.74) is 5.62. The van der Waals surface area contributed by atoms with Crippen LogP contribution in [0.1, 0.15) is 25.2 Å². The number of hydrogen-bond donors (Lipinski definition) is 1. The molecule has 1 fully saturated rings. The highest BCUT2D eigenvalue weighted by atomic mass is 32.1. The van der Waals surface area contributed by atoms with Crippen LogP contribution in [-0.4, -0.2) is 34.7 Å². The van der Waals surface area contributed by atoms with Crippen LogP contribution < -0.4 is 5.73 Å². The Hall–Kier alpha value is -1.24. The molecular formula is C14H20N4OS. The Morgan fingerprint density at radius 2 is 2.20 bits per heavy atom. The average Bonchev–Trinajstić information content (AvgIpc) is 3.12. The summed E-state index contributed by atoms with van der Waals surface area (Å²) >= 11 is 1.62. The van der Waals surface area contributed by atoms with Gasteiger partial charge in [-0.25, -0.2) is 0 Å². The number of nitrogens with zero attached hydrogens (tertiary/aromatic N) is 3. The van der Waals surface area contributed by atoms with Gasteiger partial charge in [0.1, 0.15) is 0 Å². The van der Waals surface area contributed by atoms with Gasteiger partial charge in [-0.2, -0.15) is 0 Å². The van der Waals surface area contributed by atoms with Crippen molar-refractivity contribution in [1.82, 2.24) is 15.1 Å². The normalized spacial score (nSPS) is 17.6. The van der Waals surface area contributed by atoms with E-state index >= 15 is 0 Å². The van der Waals surface area contributed by atoms with E-state index in [0.29, 0.717) is 11.8 Å². The van der Waals surface area contributed by atoms with Crippen LogP contribution in [0.5, 0.6) is 0 Å². The van der Waals surface area contributed by atoms with Gasteiger partial charge in [0.05, 0.1) is 11.4 Å². The SMILES string of the molecule is NCCC1CCN(Cc2nnc(-c3cccs3)o2)CC1. The van der Waals surface area contributed by atoms with Crippen LogP contribution in [0.4, 0.5) is 0 Å². The Bertz CT molecular complexity index is 517. The first kappa shape index (κ1) is 13.7. The largest absolute Gasteiger partial charge is 0.419 e. The van der Waals surface area contributed by atoms with Crippen LogP contribution in [0.15, 0.2) is 21.9 Å². The van der Waals surface area contributed by atoms with E-state index in [1.807, 2.05) is 17.5 Å². The zero-order valence-corrected chi connectivity index (χ0v) is 12.3. The van der Waals surface area contributed by atoms with Crippen LogP contribution in [0.2, 0.25) is 0 Å². The number of hydrogen-bond acceptors (Lipinski definition) is 6. The highest BCUT2D eigenvalue weighted by molar-refractivity contribution is 7.13. The van der Waals surface area contributed by atoms with Crippen molar-refractivity contribution in [3.8, 4) is 10.8 Å². The Balaban J connectivity index is 1.54. The molecule has 0 spiro atoms. The molecule has 1 aliphatic heterocycles. The van der Waals surface area contributed by atoms with Crippen LogP contribution >= 0.6 is 11.3 Å². The van der Waals surface area contributed by atoms with Gasteiger partial charge >= 0.3 is 0 Å². The summed E-state index contributed by atoms with van der Waals surface area (Å²) in [6.07, 6.45) is 3.60. The third kappa shape index (κ3) is 3.26. The molecule has 0 saturated carbocycles. The number of aromatic nitrogens is 2. The molecule has 2 aromatic rings. The van der Waals surface area contributed by atoms with E-state index in [0.717, 1.165) is 43.4 Å². The lowest BCUT2D eigenvalue weighted by Gasteiger charge is -2.30. The van der Waals surface area contributed by atoms with Crippen molar-refractivity contribution < 1.29 is 4.42 Å². The Labute approximate surface area is 122 Å². The molecule has 3 rings (SSSR count). The fourth-order valence-electron chi connectivity index (χ4n) is 2.68. The molecule has 1 saturated heterocycles. The molecule has 6 heteroatoms. The summed E-state index contributed by atoms with van der Waals surface area (Å²) in [7, 11) is 0. The van der Waals surface area contributed by atoms with Crippen molar-refractivity contribution in [3.05, 3.63) is 23.4 Å². The van der Waals surface area contributed by atoms with Gasteiger partial charge in [0, 0.05) is 0 Å². The third-order valence-electron chi connectivity index (χ3n) is 3.84. The fourth-order valence-corrected chi connectivity index (χ4v) is 3.32. The second-order valence-corrected chi connectivity index (χ2v) is 6.22. The zero-order valence-electron chi connectivity index (χ0n) is 11.5. The van der Waals surface area contributed by atoms with Gasteiger partial charge in [0.25, 0.3) is 5.89 Å². The third-order valence-corrected chi connectivity index (χ3v) is 4.70. The van der Waals surface area contributed by atoms with Gasteiger partial charge in [0.15, 0.2) is 0 Å². The van der Waals surface area contributed by atoms with Crippen molar-refractivity contribution in [3.63, 3.8) is 0 Å². The van der Waals surface area contributed by atoms with E-state index in [4.69, 9.17) is 10.2 Å².